The average molecular weight is 338 g/mol. The zero-order valence-corrected chi connectivity index (χ0v) is 15.3. The number of nitrogens with one attached hydrogen (secondary N) is 1. The Hall–Kier alpha value is -2.13. The Labute approximate surface area is 152 Å². The summed E-state index contributed by atoms with van der Waals surface area (Å²) in [6.45, 7) is 5.62. The van der Waals surface area contributed by atoms with Crippen molar-refractivity contribution in [1.82, 2.24) is 4.90 Å². The number of nitrogens with zero attached hydrogens (tertiary/aromatic N) is 1. The SMILES string of the molecule is CCCN(CCCCc1ccccc1)CCc1cccc(NC=O)c1. The van der Waals surface area contributed by atoms with E-state index in [1.165, 1.54) is 36.8 Å². The average Bonchev–Trinajstić information content (AvgIpc) is 2.64. The van der Waals surface area contributed by atoms with Crippen LogP contribution in [0, 0.1) is 0 Å². The minimum absolute atomic E-state index is 0.731. The van der Waals surface area contributed by atoms with Gasteiger partial charge in [0.25, 0.3) is 0 Å². The molecule has 0 saturated heterocycles. The third kappa shape index (κ3) is 7.53. The first-order valence-corrected chi connectivity index (χ1v) is 9.37. The summed E-state index contributed by atoms with van der Waals surface area (Å²) in [7, 11) is 0. The summed E-state index contributed by atoms with van der Waals surface area (Å²) in [6, 6.07) is 18.9. The number of benzene rings is 2. The molecule has 2 aromatic rings. The molecule has 0 aromatic heterocycles. The first-order valence-electron chi connectivity index (χ1n) is 9.37. The summed E-state index contributed by atoms with van der Waals surface area (Å²) in [5, 5.41) is 2.72. The van der Waals surface area contributed by atoms with Gasteiger partial charge in [0.1, 0.15) is 0 Å². The molecule has 0 fully saturated rings. The second-order valence-corrected chi connectivity index (χ2v) is 6.50. The number of carbonyl (C=O) groups excluding carboxylic acids is 1. The van der Waals surface area contributed by atoms with Gasteiger partial charge in [-0.15, -0.1) is 0 Å². The second kappa shape index (κ2) is 11.4. The number of amides is 1. The molecule has 0 aliphatic carbocycles. The Morgan fingerprint density at radius 1 is 0.880 bits per heavy atom. The van der Waals surface area contributed by atoms with Crippen molar-refractivity contribution in [2.75, 3.05) is 25.0 Å². The monoisotopic (exact) mass is 338 g/mol. The van der Waals surface area contributed by atoms with Gasteiger partial charge in [-0.25, -0.2) is 0 Å². The Morgan fingerprint density at radius 3 is 2.44 bits per heavy atom. The number of unbranched alkanes of at least 4 members (excludes halogenated alkanes) is 1. The van der Waals surface area contributed by atoms with Crippen LogP contribution in [0.1, 0.15) is 37.3 Å². The summed E-state index contributed by atoms with van der Waals surface area (Å²) in [6.07, 6.45) is 6.58. The predicted octanol–water partition coefficient (Wildman–Crippen LogP) is 4.53. The van der Waals surface area contributed by atoms with Gasteiger partial charge in [-0.05, 0) is 68.5 Å². The summed E-state index contributed by atoms with van der Waals surface area (Å²) in [5.41, 5.74) is 3.58. The number of hydrogen-bond acceptors (Lipinski definition) is 2. The minimum atomic E-state index is 0.731. The number of hydrogen-bond donors (Lipinski definition) is 1. The van der Waals surface area contributed by atoms with Crippen molar-refractivity contribution < 1.29 is 4.79 Å². The first kappa shape index (κ1) is 19.2. The lowest BCUT2D eigenvalue weighted by Crippen LogP contribution is -2.28. The van der Waals surface area contributed by atoms with Crippen molar-refractivity contribution in [1.29, 1.82) is 0 Å². The third-order valence-corrected chi connectivity index (χ3v) is 4.44. The van der Waals surface area contributed by atoms with Crippen molar-refractivity contribution >= 4 is 12.1 Å². The topological polar surface area (TPSA) is 32.3 Å². The lowest BCUT2D eigenvalue weighted by atomic mass is 10.1. The van der Waals surface area contributed by atoms with Crippen LogP contribution in [-0.2, 0) is 17.6 Å². The van der Waals surface area contributed by atoms with Crippen molar-refractivity contribution in [2.45, 2.75) is 39.0 Å². The molecule has 0 heterocycles. The number of carbonyl (C=O) groups is 1. The number of rotatable bonds is 12. The summed E-state index contributed by atoms with van der Waals surface area (Å²) >= 11 is 0. The van der Waals surface area contributed by atoms with E-state index in [-0.39, 0.29) is 0 Å². The van der Waals surface area contributed by atoms with Crippen molar-refractivity contribution in [3.63, 3.8) is 0 Å². The van der Waals surface area contributed by atoms with Gasteiger partial charge in [-0.3, -0.25) is 4.79 Å². The Bertz CT molecular complexity index is 612. The van der Waals surface area contributed by atoms with E-state index in [1.807, 2.05) is 12.1 Å². The molecule has 3 heteroatoms. The molecule has 3 nitrogen and oxygen atoms in total. The van der Waals surface area contributed by atoms with E-state index in [0.717, 1.165) is 38.2 Å². The van der Waals surface area contributed by atoms with Gasteiger partial charge < -0.3 is 10.2 Å². The van der Waals surface area contributed by atoms with Crippen LogP contribution in [0.4, 0.5) is 5.69 Å². The van der Waals surface area contributed by atoms with Gasteiger partial charge in [-0.2, -0.15) is 0 Å². The Morgan fingerprint density at radius 2 is 1.68 bits per heavy atom. The van der Waals surface area contributed by atoms with Crippen LogP contribution in [0.5, 0.6) is 0 Å². The maximum atomic E-state index is 10.6. The highest BCUT2D eigenvalue weighted by Crippen LogP contribution is 2.12. The molecule has 0 bridgehead atoms. The van der Waals surface area contributed by atoms with Crippen LogP contribution in [0.3, 0.4) is 0 Å². The summed E-state index contributed by atoms with van der Waals surface area (Å²) in [4.78, 5) is 13.1. The van der Waals surface area contributed by atoms with E-state index in [2.05, 4.69) is 59.6 Å². The van der Waals surface area contributed by atoms with Gasteiger partial charge in [0.2, 0.25) is 6.41 Å². The molecule has 134 valence electrons. The van der Waals surface area contributed by atoms with Gasteiger partial charge in [-0.1, -0.05) is 49.4 Å². The number of anilines is 1. The molecule has 0 unspecified atom stereocenters. The Kier molecular flexibility index (Phi) is 8.78. The van der Waals surface area contributed by atoms with Crippen LogP contribution in [-0.4, -0.2) is 30.9 Å². The van der Waals surface area contributed by atoms with Gasteiger partial charge in [0, 0.05) is 12.2 Å². The molecule has 1 N–H and O–H groups in total. The van der Waals surface area contributed by atoms with Crippen LogP contribution >= 0.6 is 0 Å². The lowest BCUT2D eigenvalue weighted by Gasteiger charge is -2.21. The second-order valence-electron chi connectivity index (χ2n) is 6.50. The molecule has 0 radical (unpaired) electrons. The molecule has 0 spiro atoms. The lowest BCUT2D eigenvalue weighted by molar-refractivity contribution is -0.105. The molecule has 0 aliphatic rings. The van der Waals surface area contributed by atoms with Crippen LogP contribution < -0.4 is 5.32 Å². The standard InChI is InChI=1S/C22H30N2O/c1-2-15-24(16-7-6-11-20-9-4-3-5-10-20)17-14-21-12-8-13-22(18-21)23-19-25/h3-5,8-10,12-13,18-19H,2,6-7,11,14-17H2,1H3,(H,23,25). The summed E-state index contributed by atoms with van der Waals surface area (Å²) in [5.74, 6) is 0. The maximum absolute atomic E-state index is 10.6. The van der Waals surface area contributed by atoms with Crippen LogP contribution in [0.25, 0.3) is 0 Å². The highest BCUT2D eigenvalue weighted by molar-refractivity contribution is 5.71. The van der Waals surface area contributed by atoms with Gasteiger partial charge in [0.05, 0.1) is 0 Å². The molecule has 0 aliphatic heterocycles. The molecular formula is C22H30N2O. The normalized spacial score (nSPS) is 10.8. The van der Waals surface area contributed by atoms with Crippen molar-refractivity contribution in [2.24, 2.45) is 0 Å². The van der Waals surface area contributed by atoms with Crippen molar-refractivity contribution in [3.8, 4) is 0 Å². The van der Waals surface area contributed by atoms with E-state index in [4.69, 9.17) is 0 Å². The largest absolute Gasteiger partial charge is 0.329 e. The first-order chi connectivity index (χ1) is 12.3. The fourth-order valence-electron chi connectivity index (χ4n) is 3.13. The quantitative estimate of drug-likeness (QED) is 0.455. The highest BCUT2D eigenvalue weighted by Gasteiger charge is 2.05. The summed E-state index contributed by atoms with van der Waals surface area (Å²) < 4.78 is 0. The van der Waals surface area contributed by atoms with E-state index in [0.29, 0.717) is 0 Å². The molecule has 0 atom stereocenters. The molecule has 0 saturated carbocycles. The molecule has 1 amide bonds. The highest BCUT2D eigenvalue weighted by atomic mass is 16.1. The van der Waals surface area contributed by atoms with E-state index in [1.54, 1.807) is 0 Å². The Balaban J connectivity index is 1.74. The fourth-order valence-corrected chi connectivity index (χ4v) is 3.13. The molecular weight excluding hydrogens is 308 g/mol. The third-order valence-electron chi connectivity index (χ3n) is 4.44. The fraction of sp³-hybridized carbons (Fsp3) is 0.409. The van der Waals surface area contributed by atoms with Gasteiger partial charge >= 0.3 is 0 Å². The van der Waals surface area contributed by atoms with Crippen LogP contribution in [0.15, 0.2) is 54.6 Å². The van der Waals surface area contributed by atoms with E-state index >= 15 is 0 Å². The molecule has 25 heavy (non-hydrogen) atoms. The van der Waals surface area contributed by atoms with E-state index < -0.39 is 0 Å². The van der Waals surface area contributed by atoms with Gasteiger partial charge in [0.15, 0.2) is 0 Å². The smallest absolute Gasteiger partial charge is 0.211 e. The molecule has 2 aromatic carbocycles. The molecule has 2 rings (SSSR count). The zero-order valence-electron chi connectivity index (χ0n) is 15.3. The number of aryl methyl sites for hydroxylation is 1. The predicted molar refractivity (Wildman–Crippen MR) is 106 cm³/mol. The zero-order chi connectivity index (χ0) is 17.7. The maximum Gasteiger partial charge on any atom is 0.211 e. The van der Waals surface area contributed by atoms with Crippen LogP contribution in [0.2, 0.25) is 0 Å². The minimum Gasteiger partial charge on any atom is -0.329 e. The van der Waals surface area contributed by atoms with Crippen molar-refractivity contribution in [3.05, 3.63) is 65.7 Å². The van der Waals surface area contributed by atoms with E-state index in [9.17, 15) is 4.79 Å².